The molecule has 0 bridgehead atoms. The Morgan fingerprint density at radius 3 is 2.46 bits per heavy atom. The van der Waals surface area contributed by atoms with Gasteiger partial charge in [-0.3, -0.25) is 4.79 Å². The van der Waals surface area contributed by atoms with Gasteiger partial charge in [-0.1, -0.05) is 41.6 Å². The van der Waals surface area contributed by atoms with E-state index < -0.39 is 0 Å². The van der Waals surface area contributed by atoms with Gasteiger partial charge in [0, 0.05) is 17.6 Å². The molecule has 3 rings (SSSR count). The Morgan fingerprint density at radius 1 is 1.11 bits per heavy atom. The van der Waals surface area contributed by atoms with Gasteiger partial charge < -0.3 is 10.6 Å². The standard InChI is InChI=1S/C22H26N4OS/c1-6-23-20-17-9-7-8-10-18(17)24-22(26-20)28-16(5)21(27)25-19-14(3)11-13(2)12-15(19)4/h7-12,16H,6H2,1-5H3,(H,25,27)(H,23,24,26). The van der Waals surface area contributed by atoms with E-state index in [1.54, 1.807) is 0 Å². The molecule has 1 amide bonds. The summed E-state index contributed by atoms with van der Waals surface area (Å²) in [5.74, 6) is 0.746. The lowest BCUT2D eigenvalue weighted by Gasteiger charge is -2.16. The molecule has 2 aromatic carbocycles. The van der Waals surface area contributed by atoms with Crippen molar-refractivity contribution in [1.82, 2.24) is 9.97 Å². The maximum absolute atomic E-state index is 12.8. The first-order valence-electron chi connectivity index (χ1n) is 9.45. The summed E-state index contributed by atoms with van der Waals surface area (Å²) >= 11 is 1.37. The van der Waals surface area contributed by atoms with Gasteiger partial charge in [-0.25, -0.2) is 9.97 Å². The maximum Gasteiger partial charge on any atom is 0.237 e. The van der Waals surface area contributed by atoms with Crippen molar-refractivity contribution in [1.29, 1.82) is 0 Å². The molecule has 146 valence electrons. The summed E-state index contributed by atoms with van der Waals surface area (Å²) in [7, 11) is 0. The van der Waals surface area contributed by atoms with Crippen LogP contribution in [-0.2, 0) is 4.79 Å². The summed E-state index contributed by atoms with van der Waals surface area (Å²) in [5.41, 5.74) is 5.08. The Labute approximate surface area is 170 Å². The van der Waals surface area contributed by atoms with Crippen LogP contribution in [0.25, 0.3) is 10.9 Å². The fourth-order valence-electron chi connectivity index (χ4n) is 3.22. The minimum atomic E-state index is -0.323. The van der Waals surface area contributed by atoms with Crippen molar-refractivity contribution >= 4 is 40.1 Å². The number of nitrogens with zero attached hydrogens (tertiary/aromatic N) is 2. The summed E-state index contributed by atoms with van der Waals surface area (Å²) in [6.07, 6.45) is 0. The monoisotopic (exact) mass is 394 g/mol. The van der Waals surface area contributed by atoms with Crippen LogP contribution in [0.2, 0.25) is 0 Å². The number of aryl methyl sites for hydroxylation is 3. The summed E-state index contributed by atoms with van der Waals surface area (Å²) in [5, 5.41) is 7.61. The number of benzene rings is 2. The van der Waals surface area contributed by atoms with Gasteiger partial charge in [0.15, 0.2) is 5.16 Å². The van der Waals surface area contributed by atoms with Crippen molar-refractivity contribution in [3.05, 3.63) is 53.1 Å². The third-order valence-electron chi connectivity index (χ3n) is 4.50. The van der Waals surface area contributed by atoms with Gasteiger partial charge in [0.1, 0.15) is 5.82 Å². The second-order valence-corrected chi connectivity index (χ2v) is 8.23. The van der Waals surface area contributed by atoms with Gasteiger partial charge >= 0.3 is 0 Å². The number of anilines is 2. The lowest BCUT2D eigenvalue weighted by Crippen LogP contribution is -2.23. The molecule has 0 aliphatic rings. The highest BCUT2D eigenvalue weighted by Crippen LogP contribution is 2.28. The quantitative estimate of drug-likeness (QED) is 0.449. The lowest BCUT2D eigenvalue weighted by atomic mass is 10.1. The highest BCUT2D eigenvalue weighted by molar-refractivity contribution is 8.00. The molecule has 0 aliphatic heterocycles. The molecule has 28 heavy (non-hydrogen) atoms. The van der Waals surface area contributed by atoms with Crippen molar-refractivity contribution in [3.8, 4) is 0 Å². The Kier molecular flexibility index (Phi) is 6.19. The number of para-hydroxylation sites is 1. The highest BCUT2D eigenvalue weighted by atomic mass is 32.2. The van der Waals surface area contributed by atoms with Crippen molar-refractivity contribution in [3.63, 3.8) is 0 Å². The van der Waals surface area contributed by atoms with Gasteiger partial charge in [0.2, 0.25) is 5.91 Å². The number of fused-ring (bicyclic) bond motifs is 1. The molecule has 2 N–H and O–H groups in total. The van der Waals surface area contributed by atoms with Crippen LogP contribution >= 0.6 is 11.8 Å². The predicted octanol–water partition coefficient (Wildman–Crippen LogP) is 5.11. The van der Waals surface area contributed by atoms with Crippen LogP contribution in [0.4, 0.5) is 11.5 Å². The normalized spacial score (nSPS) is 12.0. The van der Waals surface area contributed by atoms with Crippen LogP contribution < -0.4 is 10.6 Å². The number of aromatic nitrogens is 2. The average molecular weight is 395 g/mol. The minimum Gasteiger partial charge on any atom is -0.370 e. The van der Waals surface area contributed by atoms with Crippen molar-refractivity contribution in [2.45, 2.75) is 45.0 Å². The maximum atomic E-state index is 12.8. The summed E-state index contributed by atoms with van der Waals surface area (Å²) < 4.78 is 0. The number of amides is 1. The SMILES string of the molecule is CCNc1nc(SC(C)C(=O)Nc2c(C)cc(C)cc2C)nc2ccccc12. The Morgan fingerprint density at radius 2 is 1.79 bits per heavy atom. The van der Waals surface area contributed by atoms with Crippen molar-refractivity contribution in [2.75, 3.05) is 17.2 Å². The van der Waals surface area contributed by atoms with Gasteiger partial charge in [-0.05, 0) is 57.9 Å². The summed E-state index contributed by atoms with van der Waals surface area (Å²) in [4.78, 5) is 22.0. The first-order valence-corrected chi connectivity index (χ1v) is 10.3. The minimum absolute atomic E-state index is 0.0539. The van der Waals surface area contributed by atoms with E-state index in [9.17, 15) is 4.79 Å². The Hall–Kier alpha value is -2.60. The highest BCUT2D eigenvalue weighted by Gasteiger charge is 2.19. The molecular formula is C22H26N4OS. The average Bonchev–Trinajstić information content (AvgIpc) is 2.64. The fourth-order valence-corrected chi connectivity index (χ4v) is 4.00. The molecular weight excluding hydrogens is 368 g/mol. The third-order valence-corrected chi connectivity index (χ3v) is 5.46. The molecule has 1 unspecified atom stereocenters. The number of thioether (sulfide) groups is 1. The van der Waals surface area contributed by atoms with Crippen LogP contribution in [0, 0.1) is 20.8 Å². The molecule has 0 saturated carbocycles. The molecule has 0 saturated heterocycles. The van der Waals surface area contributed by atoms with E-state index in [0.29, 0.717) is 5.16 Å². The zero-order valence-corrected chi connectivity index (χ0v) is 17.8. The van der Waals surface area contributed by atoms with E-state index in [4.69, 9.17) is 0 Å². The van der Waals surface area contributed by atoms with Crippen LogP contribution in [0.3, 0.4) is 0 Å². The first kappa shape index (κ1) is 20.1. The Bertz CT molecular complexity index is 996. The third kappa shape index (κ3) is 4.44. The van der Waals surface area contributed by atoms with Crippen molar-refractivity contribution < 1.29 is 4.79 Å². The summed E-state index contributed by atoms with van der Waals surface area (Å²) in [6, 6.07) is 12.1. The molecule has 1 heterocycles. The number of nitrogens with one attached hydrogen (secondary N) is 2. The van der Waals surface area contributed by atoms with Crippen LogP contribution in [0.1, 0.15) is 30.5 Å². The van der Waals surface area contributed by atoms with E-state index in [1.165, 1.54) is 17.3 Å². The van der Waals surface area contributed by atoms with E-state index >= 15 is 0 Å². The predicted molar refractivity (Wildman–Crippen MR) is 118 cm³/mol. The number of hydrogen-bond donors (Lipinski definition) is 2. The second-order valence-electron chi connectivity index (χ2n) is 6.93. The first-order chi connectivity index (χ1) is 13.4. The van der Waals surface area contributed by atoms with E-state index in [2.05, 4.69) is 39.7 Å². The van der Waals surface area contributed by atoms with E-state index in [-0.39, 0.29) is 11.2 Å². The molecule has 3 aromatic rings. The molecule has 1 aromatic heterocycles. The molecule has 0 aliphatic carbocycles. The fraction of sp³-hybridized carbons (Fsp3) is 0.318. The number of hydrogen-bond acceptors (Lipinski definition) is 5. The Balaban J connectivity index is 1.81. The van der Waals surface area contributed by atoms with Crippen LogP contribution in [0.15, 0.2) is 41.6 Å². The van der Waals surface area contributed by atoms with Gasteiger partial charge in [-0.15, -0.1) is 0 Å². The van der Waals surface area contributed by atoms with Crippen LogP contribution in [-0.4, -0.2) is 27.7 Å². The van der Waals surface area contributed by atoms with Gasteiger partial charge in [0.05, 0.1) is 10.8 Å². The molecule has 5 nitrogen and oxygen atoms in total. The second kappa shape index (κ2) is 8.61. The van der Waals surface area contributed by atoms with E-state index in [1.807, 2.05) is 52.0 Å². The molecule has 0 radical (unpaired) electrons. The zero-order valence-electron chi connectivity index (χ0n) is 17.0. The lowest BCUT2D eigenvalue weighted by molar-refractivity contribution is -0.115. The largest absolute Gasteiger partial charge is 0.370 e. The number of rotatable bonds is 6. The molecule has 1 atom stereocenters. The smallest absolute Gasteiger partial charge is 0.237 e. The van der Waals surface area contributed by atoms with E-state index in [0.717, 1.165) is 40.1 Å². The zero-order chi connectivity index (χ0) is 20.3. The van der Waals surface area contributed by atoms with Crippen molar-refractivity contribution in [2.24, 2.45) is 0 Å². The number of carbonyl (C=O) groups is 1. The van der Waals surface area contributed by atoms with Gasteiger partial charge in [-0.2, -0.15) is 0 Å². The molecule has 0 fully saturated rings. The summed E-state index contributed by atoms with van der Waals surface area (Å²) in [6.45, 7) is 10.8. The molecule has 6 heteroatoms. The molecule has 0 spiro atoms. The topological polar surface area (TPSA) is 66.9 Å². The van der Waals surface area contributed by atoms with Gasteiger partial charge in [0.25, 0.3) is 0 Å². The van der Waals surface area contributed by atoms with Crippen LogP contribution in [0.5, 0.6) is 0 Å². The number of carbonyl (C=O) groups excluding carboxylic acids is 1.